The molecule has 1 aliphatic carbocycles. The zero-order valence-electron chi connectivity index (χ0n) is 14.7. The number of benzene rings is 2. The second-order valence-electron chi connectivity index (χ2n) is 6.49. The van der Waals surface area contributed by atoms with E-state index in [9.17, 15) is 4.79 Å². The number of fused-ring (bicyclic) bond motifs is 1. The van der Waals surface area contributed by atoms with Gasteiger partial charge in [0.1, 0.15) is 0 Å². The van der Waals surface area contributed by atoms with Crippen molar-refractivity contribution in [3.05, 3.63) is 89.3 Å². The molecule has 0 aliphatic heterocycles. The Morgan fingerprint density at radius 2 is 1.88 bits per heavy atom. The lowest BCUT2D eigenvalue weighted by molar-refractivity contribution is 0.102. The Balaban J connectivity index is 1.58. The molecule has 0 saturated heterocycles. The van der Waals surface area contributed by atoms with E-state index in [1.54, 1.807) is 18.3 Å². The third-order valence-electron chi connectivity index (χ3n) is 4.77. The summed E-state index contributed by atoms with van der Waals surface area (Å²) in [5.74, 6) is -0.136. The summed E-state index contributed by atoms with van der Waals surface area (Å²) in [4.78, 5) is 16.6. The van der Waals surface area contributed by atoms with Crippen LogP contribution in [0.1, 0.15) is 33.6 Å². The van der Waals surface area contributed by atoms with Crippen molar-refractivity contribution in [2.75, 3.05) is 5.32 Å². The summed E-state index contributed by atoms with van der Waals surface area (Å²) in [7, 11) is 0. The Hall–Kier alpha value is -3.20. The highest BCUT2D eigenvalue weighted by atomic mass is 16.1. The van der Waals surface area contributed by atoms with Crippen LogP contribution in [0.3, 0.4) is 0 Å². The topological polar surface area (TPSA) is 42.0 Å². The molecular weight excluding hydrogens is 320 g/mol. The number of aromatic nitrogens is 1. The van der Waals surface area contributed by atoms with Gasteiger partial charge in [-0.25, -0.2) is 0 Å². The molecule has 0 fully saturated rings. The first-order valence-electron chi connectivity index (χ1n) is 8.84. The zero-order chi connectivity index (χ0) is 17.9. The van der Waals surface area contributed by atoms with E-state index in [0.717, 1.165) is 29.8 Å². The number of hydrogen-bond acceptors (Lipinski definition) is 2. The molecule has 128 valence electrons. The molecule has 1 aliphatic rings. The normalized spacial score (nSPS) is 12.5. The third-order valence-corrected chi connectivity index (χ3v) is 4.77. The summed E-state index contributed by atoms with van der Waals surface area (Å²) in [5, 5.41) is 2.95. The summed E-state index contributed by atoms with van der Waals surface area (Å²) >= 11 is 0. The summed E-state index contributed by atoms with van der Waals surface area (Å²) in [5.41, 5.74) is 7.20. The predicted molar refractivity (Wildman–Crippen MR) is 106 cm³/mol. The van der Waals surface area contributed by atoms with Gasteiger partial charge in [0.05, 0.1) is 5.56 Å². The molecule has 1 amide bonds. The summed E-state index contributed by atoms with van der Waals surface area (Å²) < 4.78 is 0. The highest BCUT2D eigenvalue weighted by molar-refractivity contribution is 6.05. The first-order chi connectivity index (χ1) is 12.7. The summed E-state index contributed by atoms with van der Waals surface area (Å²) in [6.07, 6.45) is 8.34. The van der Waals surface area contributed by atoms with Crippen LogP contribution in [0.4, 0.5) is 5.69 Å². The molecule has 1 aromatic heterocycles. The minimum Gasteiger partial charge on any atom is -0.322 e. The van der Waals surface area contributed by atoms with Gasteiger partial charge in [0.2, 0.25) is 0 Å². The van der Waals surface area contributed by atoms with Crippen molar-refractivity contribution in [2.45, 2.75) is 19.8 Å². The van der Waals surface area contributed by atoms with E-state index in [2.05, 4.69) is 52.8 Å². The molecule has 0 atom stereocenters. The summed E-state index contributed by atoms with van der Waals surface area (Å²) in [6, 6.07) is 18.1. The van der Waals surface area contributed by atoms with Gasteiger partial charge in [-0.15, -0.1) is 0 Å². The highest BCUT2D eigenvalue weighted by Gasteiger charge is 2.12. The molecule has 3 nitrogen and oxygen atoms in total. The second-order valence-corrected chi connectivity index (χ2v) is 6.49. The number of amides is 1. The van der Waals surface area contributed by atoms with Crippen molar-refractivity contribution in [2.24, 2.45) is 0 Å². The number of aryl methyl sites for hydroxylation is 2. The molecule has 3 aromatic rings. The second kappa shape index (κ2) is 6.96. The SMILES string of the molecule is Cc1ncccc1C(=O)Nc1ccc(-c2cccc3c2C=CCC3)cc1. The number of anilines is 1. The first-order valence-corrected chi connectivity index (χ1v) is 8.84. The van der Waals surface area contributed by atoms with Crippen molar-refractivity contribution in [3.63, 3.8) is 0 Å². The molecule has 1 N–H and O–H groups in total. The Kier molecular flexibility index (Phi) is 4.36. The van der Waals surface area contributed by atoms with Gasteiger partial charge in [0, 0.05) is 17.6 Å². The highest BCUT2D eigenvalue weighted by Crippen LogP contribution is 2.31. The lowest BCUT2D eigenvalue weighted by Crippen LogP contribution is -2.13. The van der Waals surface area contributed by atoms with Gasteiger partial charge in [0.25, 0.3) is 5.91 Å². The van der Waals surface area contributed by atoms with Gasteiger partial charge >= 0.3 is 0 Å². The third kappa shape index (κ3) is 3.16. The Labute approximate surface area is 153 Å². The quantitative estimate of drug-likeness (QED) is 0.706. The van der Waals surface area contributed by atoms with E-state index >= 15 is 0 Å². The molecule has 2 aromatic carbocycles. The smallest absolute Gasteiger partial charge is 0.257 e. The maximum absolute atomic E-state index is 12.4. The first kappa shape index (κ1) is 16.3. The van der Waals surface area contributed by atoms with E-state index in [1.807, 2.05) is 19.1 Å². The minimum absolute atomic E-state index is 0.136. The summed E-state index contributed by atoms with van der Waals surface area (Å²) in [6.45, 7) is 1.84. The molecule has 3 heteroatoms. The number of carbonyl (C=O) groups excluding carboxylic acids is 1. The van der Waals surface area contributed by atoms with Gasteiger partial charge < -0.3 is 5.32 Å². The largest absolute Gasteiger partial charge is 0.322 e. The van der Waals surface area contributed by atoms with E-state index < -0.39 is 0 Å². The number of carbonyl (C=O) groups is 1. The molecule has 4 rings (SSSR count). The molecule has 0 bridgehead atoms. The number of nitrogens with zero attached hydrogens (tertiary/aromatic N) is 1. The van der Waals surface area contributed by atoms with Crippen LogP contribution >= 0.6 is 0 Å². The molecule has 0 saturated carbocycles. The van der Waals surface area contributed by atoms with Crippen LogP contribution in [-0.2, 0) is 6.42 Å². The standard InChI is InChI=1S/C23H20N2O/c1-16-20(10-5-15-24-16)23(26)25-19-13-11-18(12-14-19)22-9-4-7-17-6-2-3-8-21(17)22/h3-5,7-15H,2,6H2,1H3,(H,25,26). The van der Waals surface area contributed by atoms with Gasteiger partial charge in [-0.3, -0.25) is 9.78 Å². The lowest BCUT2D eigenvalue weighted by atomic mass is 9.90. The van der Waals surface area contributed by atoms with Crippen LogP contribution in [-0.4, -0.2) is 10.9 Å². The molecule has 0 radical (unpaired) electrons. The number of allylic oxidation sites excluding steroid dienone is 1. The average Bonchev–Trinajstić information content (AvgIpc) is 2.68. The molecular formula is C23H20N2O. The lowest BCUT2D eigenvalue weighted by Gasteiger charge is -2.15. The van der Waals surface area contributed by atoms with Gasteiger partial charge in [-0.1, -0.05) is 42.5 Å². The minimum atomic E-state index is -0.136. The van der Waals surface area contributed by atoms with Gasteiger partial charge in [-0.2, -0.15) is 0 Å². The van der Waals surface area contributed by atoms with Crippen molar-refractivity contribution < 1.29 is 4.79 Å². The Morgan fingerprint density at radius 1 is 1.04 bits per heavy atom. The maximum atomic E-state index is 12.4. The van der Waals surface area contributed by atoms with Crippen molar-refractivity contribution >= 4 is 17.7 Å². The average molecular weight is 340 g/mol. The van der Waals surface area contributed by atoms with Crippen LogP contribution in [0, 0.1) is 6.92 Å². The number of hydrogen-bond donors (Lipinski definition) is 1. The molecule has 0 spiro atoms. The van der Waals surface area contributed by atoms with Gasteiger partial charge in [0.15, 0.2) is 0 Å². The fourth-order valence-electron chi connectivity index (χ4n) is 3.38. The predicted octanol–water partition coefficient (Wildman–Crippen LogP) is 5.27. The number of nitrogens with one attached hydrogen (secondary N) is 1. The maximum Gasteiger partial charge on any atom is 0.257 e. The Morgan fingerprint density at radius 3 is 2.69 bits per heavy atom. The van der Waals surface area contributed by atoms with Crippen LogP contribution in [0.15, 0.2) is 66.9 Å². The fourth-order valence-corrected chi connectivity index (χ4v) is 3.38. The fraction of sp³-hybridized carbons (Fsp3) is 0.130. The molecule has 26 heavy (non-hydrogen) atoms. The van der Waals surface area contributed by atoms with Crippen molar-refractivity contribution in [3.8, 4) is 11.1 Å². The van der Waals surface area contributed by atoms with Crippen molar-refractivity contribution in [1.82, 2.24) is 4.98 Å². The van der Waals surface area contributed by atoms with E-state index in [0.29, 0.717) is 5.56 Å². The number of rotatable bonds is 3. The van der Waals surface area contributed by atoms with E-state index in [1.165, 1.54) is 16.7 Å². The van der Waals surface area contributed by atoms with Crippen molar-refractivity contribution in [1.29, 1.82) is 0 Å². The van der Waals surface area contributed by atoms with Crippen LogP contribution in [0.25, 0.3) is 17.2 Å². The van der Waals surface area contributed by atoms with E-state index in [-0.39, 0.29) is 5.91 Å². The van der Waals surface area contributed by atoms with Crippen LogP contribution in [0.2, 0.25) is 0 Å². The van der Waals surface area contributed by atoms with Crippen LogP contribution < -0.4 is 5.32 Å². The zero-order valence-corrected chi connectivity index (χ0v) is 14.7. The molecule has 1 heterocycles. The number of pyridine rings is 1. The Bertz CT molecular complexity index is 987. The van der Waals surface area contributed by atoms with Crippen LogP contribution in [0.5, 0.6) is 0 Å². The van der Waals surface area contributed by atoms with Gasteiger partial charge in [-0.05, 0) is 66.3 Å². The monoisotopic (exact) mass is 340 g/mol. The molecule has 0 unspecified atom stereocenters. The van der Waals surface area contributed by atoms with E-state index in [4.69, 9.17) is 0 Å².